The Morgan fingerprint density at radius 1 is 0.862 bits per heavy atom. The monoisotopic (exact) mass is 404 g/mol. The van der Waals surface area contributed by atoms with Gasteiger partial charge in [0.1, 0.15) is 12.7 Å². The van der Waals surface area contributed by atoms with E-state index in [1.54, 1.807) is 0 Å². The van der Waals surface area contributed by atoms with Crippen molar-refractivity contribution in [1.29, 1.82) is 0 Å². The van der Waals surface area contributed by atoms with E-state index in [4.69, 9.17) is 9.47 Å². The first-order valence-corrected chi connectivity index (χ1v) is 12.1. The zero-order valence-corrected chi connectivity index (χ0v) is 18.9. The molecule has 0 unspecified atom stereocenters. The smallest absolute Gasteiger partial charge is 0.303 e. The van der Waals surface area contributed by atoms with Gasteiger partial charge in [0.25, 0.3) is 0 Å². The summed E-state index contributed by atoms with van der Waals surface area (Å²) in [6, 6.07) is 0. The van der Waals surface area contributed by atoms with Crippen LogP contribution in [0.5, 0.6) is 0 Å². The average molecular weight is 405 g/mol. The molecule has 29 heavy (non-hydrogen) atoms. The standard InChI is InChI=1S/C25H40O4/c1-16(26)28-15-23(29-17(2)27)22-11-10-20-19-9-8-18-7-5-6-13-24(18,3)21(19)12-14-25(20,22)4/h18-23H,5-15H2,1-4H3/t18-,19+,20+,21+,22-,23-,24+,25+/m1/s1. The number of rotatable bonds is 4. The van der Waals surface area contributed by atoms with E-state index in [1.807, 2.05) is 0 Å². The minimum absolute atomic E-state index is 0.194. The van der Waals surface area contributed by atoms with Gasteiger partial charge in [-0.25, -0.2) is 0 Å². The summed E-state index contributed by atoms with van der Waals surface area (Å²) >= 11 is 0. The summed E-state index contributed by atoms with van der Waals surface area (Å²) < 4.78 is 11.0. The van der Waals surface area contributed by atoms with Crippen LogP contribution in [0.1, 0.15) is 91.9 Å². The Kier molecular flexibility index (Phi) is 5.76. The first kappa shape index (κ1) is 21.2. The van der Waals surface area contributed by atoms with Crippen LogP contribution in [0.2, 0.25) is 0 Å². The predicted molar refractivity (Wildman–Crippen MR) is 112 cm³/mol. The molecule has 0 heterocycles. The molecule has 4 aliphatic carbocycles. The van der Waals surface area contributed by atoms with Gasteiger partial charge in [-0.3, -0.25) is 9.59 Å². The van der Waals surface area contributed by atoms with E-state index >= 15 is 0 Å². The van der Waals surface area contributed by atoms with Crippen molar-refractivity contribution in [2.24, 2.45) is 40.4 Å². The fraction of sp³-hybridized carbons (Fsp3) is 0.920. The summed E-state index contributed by atoms with van der Waals surface area (Å²) in [5.41, 5.74) is 0.743. The maximum atomic E-state index is 11.8. The van der Waals surface area contributed by atoms with Crippen molar-refractivity contribution < 1.29 is 19.1 Å². The molecule has 4 fully saturated rings. The Bertz CT molecular complexity index is 645. The van der Waals surface area contributed by atoms with E-state index in [9.17, 15) is 9.59 Å². The molecule has 0 aromatic rings. The lowest BCUT2D eigenvalue weighted by Crippen LogP contribution is -2.53. The second-order valence-corrected chi connectivity index (χ2v) is 11.1. The molecular weight excluding hydrogens is 364 g/mol. The van der Waals surface area contributed by atoms with E-state index in [1.165, 1.54) is 71.6 Å². The Balaban J connectivity index is 1.55. The van der Waals surface area contributed by atoms with Crippen molar-refractivity contribution in [3.05, 3.63) is 0 Å². The van der Waals surface area contributed by atoms with Crippen molar-refractivity contribution in [2.75, 3.05) is 6.61 Å². The number of esters is 2. The Morgan fingerprint density at radius 2 is 1.62 bits per heavy atom. The van der Waals surface area contributed by atoms with Crippen molar-refractivity contribution in [3.63, 3.8) is 0 Å². The SMILES string of the molecule is CC(=O)OC[C@@H](OC(C)=O)[C@H]1CC[C@H]2[C@@H]3CC[C@H]4CCCC[C@]4(C)[C@H]3CC[C@]12C. The molecule has 164 valence electrons. The molecule has 4 aliphatic rings. The lowest BCUT2D eigenvalue weighted by atomic mass is 9.45. The third-order valence-corrected chi connectivity index (χ3v) is 9.87. The molecule has 0 amide bonds. The molecule has 0 radical (unpaired) electrons. The van der Waals surface area contributed by atoms with Crippen LogP contribution >= 0.6 is 0 Å². The van der Waals surface area contributed by atoms with E-state index in [0.717, 1.165) is 30.1 Å². The molecular formula is C25H40O4. The lowest BCUT2D eigenvalue weighted by molar-refractivity contribution is -0.167. The second-order valence-electron chi connectivity index (χ2n) is 11.1. The van der Waals surface area contributed by atoms with Gasteiger partial charge >= 0.3 is 11.9 Å². The van der Waals surface area contributed by atoms with Gasteiger partial charge in [-0.1, -0.05) is 26.7 Å². The van der Waals surface area contributed by atoms with Gasteiger partial charge < -0.3 is 9.47 Å². The molecule has 0 saturated heterocycles. The molecule has 4 saturated carbocycles. The summed E-state index contributed by atoms with van der Waals surface area (Å²) in [5.74, 6) is 3.10. The number of carbonyl (C=O) groups is 2. The van der Waals surface area contributed by atoms with E-state index in [2.05, 4.69) is 13.8 Å². The Morgan fingerprint density at radius 3 is 2.34 bits per heavy atom. The van der Waals surface area contributed by atoms with Crippen LogP contribution < -0.4 is 0 Å². The number of carbonyl (C=O) groups excluding carboxylic acids is 2. The van der Waals surface area contributed by atoms with Crippen LogP contribution in [-0.2, 0) is 19.1 Å². The maximum absolute atomic E-state index is 11.8. The molecule has 0 aromatic heterocycles. The summed E-state index contributed by atoms with van der Waals surface area (Å²) in [4.78, 5) is 23.2. The van der Waals surface area contributed by atoms with Gasteiger partial charge in [0.2, 0.25) is 0 Å². The molecule has 0 aromatic carbocycles. The number of hydrogen-bond donors (Lipinski definition) is 0. The van der Waals surface area contributed by atoms with E-state index in [-0.39, 0.29) is 30.1 Å². The molecule has 0 bridgehead atoms. The molecule has 0 N–H and O–H groups in total. The topological polar surface area (TPSA) is 52.6 Å². The zero-order chi connectivity index (χ0) is 20.8. The highest BCUT2D eigenvalue weighted by molar-refractivity contribution is 5.67. The number of fused-ring (bicyclic) bond motifs is 5. The van der Waals surface area contributed by atoms with Crippen molar-refractivity contribution >= 4 is 11.9 Å². The van der Waals surface area contributed by atoms with E-state index < -0.39 is 0 Å². The Labute approximate surface area is 176 Å². The minimum atomic E-state index is -0.301. The normalized spacial score (nSPS) is 44.8. The second kappa shape index (κ2) is 7.89. The average Bonchev–Trinajstić information content (AvgIpc) is 3.01. The van der Waals surface area contributed by atoms with Crippen LogP contribution in [-0.4, -0.2) is 24.6 Å². The molecule has 0 aliphatic heterocycles. The van der Waals surface area contributed by atoms with Gasteiger partial charge in [-0.2, -0.15) is 0 Å². The van der Waals surface area contributed by atoms with Gasteiger partial charge in [-0.15, -0.1) is 0 Å². The third-order valence-electron chi connectivity index (χ3n) is 9.87. The lowest BCUT2D eigenvalue weighted by Gasteiger charge is -2.60. The maximum Gasteiger partial charge on any atom is 0.303 e. The highest BCUT2D eigenvalue weighted by Crippen LogP contribution is 2.67. The van der Waals surface area contributed by atoms with Crippen LogP contribution in [0.4, 0.5) is 0 Å². The van der Waals surface area contributed by atoms with E-state index in [0.29, 0.717) is 11.3 Å². The van der Waals surface area contributed by atoms with Crippen molar-refractivity contribution in [3.8, 4) is 0 Å². The molecule has 0 spiro atoms. The van der Waals surface area contributed by atoms with Gasteiger partial charge in [0.15, 0.2) is 0 Å². The van der Waals surface area contributed by atoms with Crippen LogP contribution in [0.15, 0.2) is 0 Å². The molecule has 4 nitrogen and oxygen atoms in total. The van der Waals surface area contributed by atoms with Gasteiger partial charge in [0, 0.05) is 19.8 Å². The third kappa shape index (κ3) is 3.63. The fourth-order valence-electron chi connectivity index (χ4n) is 8.59. The summed E-state index contributed by atoms with van der Waals surface area (Å²) in [7, 11) is 0. The van der Waals surface area contributed by atoms with Crippen LogP contribution in [0, 0.1) is 40.4 Å². The first-order valence-electron chi connectivity index (χ1n) is 12.1. The molecule has 4 rings (SSSR count). The summed E-state index contributed by atoms with van der Waals surface area (Å²) in [6.45, 7) is 8.17. The fourth-order valence-corrected chi connectivity index (χ4v) is 8.59. The summed E-state index contributed by atoms with van der Waals surface area (Å²) in [6.07, 6.45) is 13.1. The van der Waals surface area contributed by atoms with Crippen LogP contribution in [0.25, 0.3) is 0 Å². The number of hydrogen-bond acceptors (Lipinski definition) is 4. The highest BCUT2D eigenvalue weighted by Gasteiger charge is 2.61. The molecule has 4 heteroatoms. The largest absolute Gasteiger partial charge is 0.462 e. The first-order chi connectivity index (χ1) is 13.8. The quantitative estimate of drug-likeness (QED) is 0.578. The summed E-state index contributed by atoms with van der Waals surface area (Å²) in [5, 5.41) is 0. The van der Waals surface area contributed by atoms with Gasteiger partial charge in [-0.05, 0) is 85.9 Å². The van der Waals surface area contributed by atoms with Crippen LogP contribution in [0.3, 0.4) is 0 Å². The van der Waals surface area contributed by atoms with Crippen molar-refractivity contribution in [2.45, 2.75) is 98.0 Å². The Hall–Kier alpha value is -1.06. The number of ether oxygens (including phenoxy) is 2. The minimum Gasteiger partial charge on any atom is -0.462 e. The van der Waals surface area contributed by atoms with Gasteiger partial charge in [0.05, 0.1) is 0 Å². The predicted octanol–water partition coefficient (Wildman–Crippen LogP) is 5.53. The highest BCUT2D eigenvalue weighted by atomic mass is 16.6. The molecule has 8 atom stereocenters. The zero-order valence-electron chi connectivity index (χ0n) is 18.9. The van der Waals surface area contributed by atoms with Crippen molar-refractivity contribution in [1.82, 2.24) is 0 Å².